The number of rotatable bonds is 7. The van der Waals surface area contributed by atoms with Crippen LogP contribution < -0.4 is 11.1 Å². The number of fused-ring (bicyclic) bond motifs is 1. The third-order valence-electron chi connectivity index (χ3n) is 6.52. The number of alkyl halides is 6. The molecule has 0 spiro atoms. The van der Waals surface area contributed by atoms with Crippen LogP contribution in [0.4, 0.5) is 32.0 Å². The van der Waals surface area contributed by atoms with Crippen molar-refractivity contribution in [2.24, 2.45) is 5.73 Å². The fourth-order valence-electron chi connectivity index (χ4n) is 4.46. The number of nitrogens with one attached hydrogen (secondary N) is 1. The number of amides is 2. The van der Waals surface area contributed by atoms with Crippen LogP contribution >= 0.6 is 27.3 Å². The minimum atomic E-state index is -4.79. The van der Waals surface area contributed by atoms with Gasteiger partial charge in [0.15, 0.2) is 5.69 Å². The van der Waals surface area contributed by atoms with Gasteiger partial charge in [0, 0.05) is 17.7 Å². The minimum absolute atomic E-state index is 0.0724. The van der Waals surface area contributed by atoms with Crippen LogP contribution in [0, 0.1) is 6.92 Å². The summed E-state index contributed by atoms with van der Waals surface area (Å²) in [6.07, 6.45) is -8.46. The smallest absolute Gasteiger partial charge is 0.365 e. The largest absolute Gasteiger partial charge is 0.436 e. The maximum Gasteiger partial charge on any atom is 0.436 e. The van der Waals surface area contributed by atoms with Crippen molar-refractivity contribution in [3.63, 3.8) is 0 Å². The molecule has 15 heteroatoms. The molecule has 1 aromatic carbocycles. The summed E-state index contributed by atoms with van der Waals surface area (Å²) in [5.41, 5.74) is 4.78. The molecular weight excluding hydrogens is 640 g/mol. The number of primary amides is 1. The Bertz CT molecular complexity index is 1670. The first-order chi connectivity index (χ1) is 19.1. The summed E-state index contributed by atoms with van der Waals surface area (Å²) in [6, 6.07) is 7.43. The van der Waals surface area contributed by atoms with E-state index in [2.05, 4.69) is 31.3 Å². The highest BCUT2D eigenvalue weighted by Crippen LogP contribution is 2.47. The van der Waals surface area contributed by atoms with Gasteiger partial charge in [0.05, 0.1) is 22.4 Å². The monoisotopic (exact) mass is 659 g/mol. The van der Waals surface area contributed by atoms with Crippen molar-refractivity contribution in [2.75, 3.05) is 5.32 Å². The SMILES string of the molecule is Cc1ccc(-c2cc(C(F)(F)F)nc3sc(C(N)=O)c(NC(=O)CCn4nc(C(F)(F)F)c(Br)c4C4CC4)c23)cc1. The summed E-state index contributed by atoms with van der Waals surface area (Å²) in [5, 5.41) is 6.32. The third kappa shape index (κ3) is 5.82. The van der Waals surface area contributed by atoms with Gasteiger partial charge in [0.25, 0.3) is 5.91 Å². The van der Waals surface area contributed by atoms with Gasteiger partial charge in [-0.05, 0) is 52.9 Å². The quantitative estimate of drug-likeness (QED) is 0.204. The number of nitrogens with two attached hydrogens (primary N) is 1. The third-order valence-corrected chi connectivity index (χ3v) is 8.40. The Labute approximate surface area is 240 Å². The molecule has 41 heavy (non-hydrogen) atoms. The van der Waals surface area contributed by atoms with Gasteiger partial charge < -0.3 is 11.1 Å². The van der Waals surface area contributed by atoms with E-state index in [1.807, 2.05) is 0 Å². The van der Waals surface area contributed by atoms with Crippen molar-refractivity contribution in [3.05, 3.63) is 62.3 Å². The van der Waals surface area contributed by atoms with Crippen molar-refractivity contribution in [1.29, 1.82) is 0 Å². The molecule has 0 aliphatic heterocycles. The number of halogens is 7. The first-order valence-electron chi connectivity index (χ1n) is 12.2. The van der Waals surface area contributed by atoms with Gasteiger partial charge in [-0.3, -0.25) is 14.3 Å². The summed E-state index contributed by atoms with van der Waals surface area (Å²) in [5.74, 6) is -1.82. The van der Waals surface area contributed by atoms with Crippen LogP contribution in [0.5, 0.6) is 0 Å². The Morgan fingerprint density at radius 2 is 1.78 bits per heavy atom. The number of hydrogen-bond donors (Lipinski definition) is 2. The number of carbonyl (C=O) groups is 2. The zero-order valence-corrected chi connectivity index (χ0v) is 23.5. The highest BCUT2D eigenvalue weighted by molar-refractivity contribution is 9.10. The number of aromatic nitrogens is 3. The standard InChI is InChI=1S/C26H20BrF6N5O2S/c1-11-2-4-12(5-3-11)14-10-15(25(28,29)30)35-24-17(14)19(21(41-24)23(34)40)36-16(39)8-9-38-20(13-6-7-13)18(27)22(37-38)26(31,32)33/h2-5,10,13H,6-9H2,1H3,(H2,34,40)(H,36,39). The van der Waals surface area contributed by atoms with Crippen LogP contribution in [-0.4, -0.2) is 26.6 Å². The van der Waals surface area contributed by atoms with Crippen molar-refractivity contribution in [2.45, 2.75) is 51.0 Å². The maximum absolute atomic E-state index is 13.7. The molecule has 0 unspecified atom stereocenters. The fourth-order valence-corrected chi connectivity index (χ4v) is 6.30. The number of thiophene rings is 1. The van der Waals surface area contributed by atoms with Crippen molar-refractivity contribution >= 4 is 55.0 Å². The average Bonchev–Trinajstić information content (AvgIpc) is 3.55. The van der Waals surface area contributed by atoms with Gasteiger partial charge in [-0.25, -0.2) is 4.98 Å². The van der Waals surface area contributed by atoms with E-state index in [1.165, 1.54) is 0 Å². The van der Waals surface area contributed by atoms with Crippen molar-refractivity contribution < 1.29 is 35.9 Å². The number of nitrogens with zero attached hydrogens (tertiary/aromatic N) is 3. The normalized spacial score (nSPS) is 14.0. The van der Waals surface area contributed by atoms with Crippen LogP contribution in [0.25, 0.3) is 21.3 Å². The molecule has 7 nitrogen and oxygen atoms in total. The number of pyridine rings is 1. The van der Waals surface area contributed by atoms with E-state index in [-0.39, 0.29) is 49.7 Å². The second-order valence-electron chi connectivity index (χ2n) is 9.61. The zero-order chi connectivity index (χ0) is 29.9. The Morgan fingerprint density at radius 3 is 2.34 bits per heavy atom. The topological polar surface area (TPSA) is 103 Å². The summed E-state index contributed by atoms with van der Waals surface area (Å²) in [7, 11) is 0. The molecule has 1 aliphatic carbocycles. The molecule has 5 rings (SSSR count). The highest BCUT2D eigenvalue weighted by atomic mass is 79.9. The van der Waals surface area contributed by atoms with E-state index in [4.69, 9.17) is 5.73 Å². The molecular formula is C26H20BrF6N5O2S. The molecule has 1 fully saturated rings. The molecule has 2 amide bonds. The average molecular weight is 660 g/mol. The van der Waals surface area contributed by atoms with Crippen LogP contribution in [0.2, 0.25) is 0 Å². The van der Waals surface area contributed by atoms with Gasteiger partial charge in [0.2, 0.25) is 5.91 Å². The number of hydrogen-bond acceptors (Lipinski definition) is 5. The predicted octanol–water partition coefficient (Wildman–Crippen LogP) is 7.27. The summed E-state index contributed by atoms with van der Waals surface area (Å²) in [6.45, 7) is 1.60. The highest BCUT2D eigenvalue weighted by Gasteiger charge is 2.42. The van der Waals surface area contributed by atoms with Crippen molar-refractivity contribution in [3.8, 4) is 11.1 Å². The molecule has 1 saturated carbocycles. The van der Waals surface area contributed by atoms with Crippen LogP contribution in [0.15, 0.2) is 34.8 Å². The molecule has 3 aromatic heterocycles. The minimum Gasteiger partial charge on any atom is -0.365 e. The van der Waals surface area contributed by atoms with Gasteiger partial charge in [-0.2, -0.15) is 31.4 Å². The molecule has 0 atom stereocenters. The Balaban J connectivity index is 1.53. The molecule has 1 aliphatic rings. The number of aryl methyl sites for hydroxylation is 2. The van der Waals surface area contributed by atoms with Gasteiger partial charge in [-0.1, -0.05) is 29.8 Å². The molecule has 3 N–H and O–H groups in total. The van der Waals surface area contributed by atoms with Crippen LogP contribution in [0.3, 0.4) is 0 Å². The van der Waals surface area contributed by atoms with Crippen LogP contribution in [-0.2, 0) is 23.7 Å². The molecule has 0 radical (unpaired) electrons. The van der Waals surface area contributed by atoms with Gasteiger partial charge in [-0.15, -0.1) is 11.3 Å². The van der Waals surface area contributed by atoms with E-state index in [9.17, 15) is 35.9 Å². The molecule has 4 aromatic rings. The molecule has 3 heterocycles. The molecule has 0 saturated heterocycles. The van der Waals surface area contributed by atoms with E-state index < -0.39 is 35.6 Å². The number of anilines is 1. The van der Waals surface area contributed by atoms with E-state index >= 15 is 0 Å². The van der Waals surface area contributed by atoms with Gasteiger partial charge >= 0.3 is 12.4 Å². The number of carbonyl (C=O) groups excluding carboxylic acids is 2. The zero-order valence-electron chi connectivity index (χ0n) is 21.1. The fraction of sp³-hybridized carbons (Fsp3) is 0.308. The van der Waals surface area contributed by atoms with E-state index in [0.29, 0.717) is 35.4 Å². The maximum atomic E-state index is 13.7. The lowest BCUT2D eigenvalue weighted by molar-refractivity contribution is -0.142. The Hall–Kier alpha value is -3.46. The lowest BCUT2D eigenvalue weighted by Gasteiger charge is -2.13. The Kier molecular flexibility index (Phi) is 7.39. The molecule has 216 valence electrons. The molecule has 0 bridgehead atoms. The second-order valence-corrected chi connectivity index (χ2v) is 11.4. The lowest BCUT2D eigenvalue weighted by atomic mass is 10.00. The lowest BCUT2D eigenvalue weighted by Crippen LogP contribution is -2.19. The van der Waals surface area contributed by atoms with Crippen LogP contribution in [0.1, 0.15) is 57.5 Å². The predicted molar refractivity (Wildman–Crippen MR) is 143 cm³/mol. The number of benzene rings is 1. The van der Waals surface area contributed by atoms with E-state index in [1.54, 1.807) is 31.2 Å². The first kappa shape index (κ1) is 29.0. The summed E-state index contributed by atoms with van der Waals surface area (Å²) >= 11 is 3.60. The summed E-state index contributed by atoms with van der Waals surface area (Å²) < 4.78 is 82.4. The summed E-state index contributed by atoms with van der Waals surface area (Å²) in [4.78, 5) is 28.7. The first-order valence-corrected chi connectivity index (χ1v) is 13.8. The second kappa shape index (κ2) is 10.4. The Morgan fingerprint density at radius 1 is 1.12 bits per heavy atom. The van der Waals surface area contributed by atoms with Gasteiger partial charge in [0.1, 0.15) is 15.4 Å². The van der Waals surface area contributed by atoms with Crippen molar-refractivity contribution in [1.82, 2.24) is 14.8 Å². The van der Waals surface area contributed by atoms with E-state index in [0.717, 1.165) is 16.3 Å².